The molecule has 5 nitrogen and oxygen atoms in total. The Bertz CT molecular complexity index is 737. The lowest BCUT2D eigenvalue weighted by molar-refractivity contribution is -0.136. The number of carbonyl (C=O) groups is 1. The van der Waals surface area contributed by atoms with Gasteiger partial charge in [0.15, 0.2) is 0 Å². The van der Waals surface area contributed by atoms with E-state index in [-0.39, 0.29) is 11.9 Å². The second-order valence-electron chi connectivity index (χ2n) is 4.36. The Kier molecular flexibility index (Phi) is 4.31. The van der Waals surface area contributed by atoms with E-state index in [0.717, 1.165) is 10.6 Å². The van der Waals surface area contributed by atoms with E-state index in [2.05, 4.69) is 15.3 Å². The van der Waals surface area contributed by atoms with Crippen LogP contribution in [0.5, 0.6) is 0 Å². The van der Waals surface area contributed by atoms with Gasteiger partial charge in [-0.25, -0.2) is 14.8 Å². The molecule has 1 aliphatic rings. The molecule has 0 saturated carbocycles. The number of fused-ring (bicyclic) bond motifs is 1. The minimum absolute atomic E-state index is 0.0837. The van der Waals surface area contributed by atoms with Crippen LogP contribution in [-0.2, 0) is 9.53 Å². The van der Waals surface area contributed by atoms with Gasteiger partial charge >= 0.3 is 5.97 Å². The fourth-order valence-corrected chi connectivity index (χ4v) is 3.22. The zero-order chi connectivity index (χ0) is 15.5. The highest BCUT2D eigenvalue weighted by Crippen LogP contribution is 2.43. The van der Waals surface area contributed by atoms with Gasteiger partial charge in [0.25, 0.3) is 0 Å². The van der Waals surface area contributed by atoms with Gasteiger partial charge in [-0.1, -0.05) is 23.9 Å². The Morgan fingerprint density at radius 1 is 1.36 bits per heavy atom. The first-order chi connectivity index (χ1) is 10.7. The molecule has 0 radical (unpaired) electrons. The monoisotopic (exact) mass is 333 g/mol. The second kappa shape index (κ2) is 6.37. The molecule has 0 saturated heterocycles. The van der Waals surface area contributed by atoms with E-state index in [0.29, 0.717) is 16.3 Å². The van der Waals surface area contributed by atoms with Crippen LogP contribution in [0.2, 0.25) is 5.28 Å². The fraction of sp³-hybridized carbons (Fsp3) is 0.133. The molecule has 22 heavy (non-hydrogen) atoms. The maximum atomic E-state index is 12.4. The van der Waals surface area contributed by atoms with Gasteiger partial charge in [-0.3, -0.25) is 0 Å². The molecular formula is C15H12ClN3O2S. The van der Waals surface area contributed by atoms with Crippen molar-refractivity contribution in [3.63, 3.8) is 0 Å². The molecule has 0 fully saturated rings. The van der Waals surface area contributed by atoms with Crippen LogP contribution in [-0.4, -0.2) is 22.5 Å². The summed E-state index contributed by atoms with van der Waals surface area (Å²) < 4.78 is 5.16. The summed E-state index contributed by atoms with van der Waals surface area (Å²) >= 11 is 7.31. The van der Waals surface area contributed by atoms with Gasteiger partial charge in [0.2, 0.25) is 5.28 Å². The van der Waals surface area contributed by atoms with Crippen molar-refractivity contribution in [1.29, 1.82) is 0 Å². The molecule has 0 atom stereocenters. The zero-order valence-corrected chi connectivity index (χ0v) is 13.2. The van der Waals surface area contributed by atoms with Crippen molar-refractivity contribution in [3.05, 3.63) is 52.5 Å². The van der Waals surface area contributed by atoms with Crippen molar-refractivity contribution >= 4 is 40.6 Å². The largest absolute Gasteiger partial charge is 0.462 e. The lowest BCUT2D eigenvalue weighted by atomic mass is 10.2. The molecule has 1 N–H and O–H groups in total. The fourth-order valence-electron chi connectivity index (χ4n) is 2.02. The summed E-state index contributed by atoms with van der Waals surface area (Å²) in [5.74, 6) is -0.444. The lowest BCUT2D eigenvalue weighted by Crippen LogP contribution is -2.12. The SMILES string of the molecule is CCOC(=O)C(=C1Nc2ccccc2S1)c1ccnc(Cl)n1. The smallest absolute Gasteiger partial charge is 0.343 e. The van der Waals surface area contributed by atoms with Crippen molar-refractivity contribution in [2.75, 3.05) is 11.9 Å². The number of benzene rings is 1. The average molecular weight is 334 g/mol. The highest BCUT2D eigenvalue weighted by molar-refractivity contribution is 8.04. The van der Waals surface area contributed by atoms with Crippen LogP contribution in [0.1, 0.15) is 12.6 Å². The third-order valence-corrected chi connectivity index (χ3v) is 4.20. The molecule has 0 amide bonds. The zero-order valence-electron chi connectivity index (χ0n) is 11.7. The molecule has 0 unspecified atom stereocenters. The van der Waals surface area contributed by atoms with Crippen molar-refractivity contribution in [2.24, 2.45) is 0 Å². The molecule has 2 aromatic rings. The van der Waals surface area contributed by atoms with Crippen molar-refractivity contribution in [3.8, 4) is 0 Å². The Morgan fingerprint density at radius 3 is 2.91 bits per heavy atom. The first kappa shape index (κ1) is 14.9. The van der Waals surface area contributed by atoms with Gasteiger partial charge < -0.3 is 10.1 Å². The summed E-state index contributed by atoms with van der Waals surface area (Å²) in [6, 6.07) is 9.44. The van der Waals surface area contributed by atoms with E-state index in [1.165, 1.54) is 18.0 Å². The third-order valence-electron chi connectivity index (χ3n) is 2.94. The highest BCUT2D eigenvalue weighted by atomic mass is 35.5. The van der Waals surface area contributed by atoms with E-state index in [1.54, 1.807) is 13.0 Å². The Balaban J connectivity index is 2.07. The molecular weight excluding hydrogens is 322 g/mol. The van der Waals surface area contributed by atoms with Crippen LogP contribution in [0.15, 0.2) is 46.5 Å². The molecule has 0 spiro atoms. The maximum Gasteiger partial charge on any atom is 0.343 e. The minimum Gasteiger partial charge on any atom is -0.462 e. The van der Waals surface area contributed by atoms with Crippen LogP contribution >= 0.6 is 23.4 Å². The summed E-state index contributed by atoms with van der Waals surface area (Å²) in [5.41, 5.74) is 1.73. The number of nitrogens with zero attached hydrogens (tertiary/aromatic N) is 2. The minimum atomic E-state index is -0.444. The predicted molar refractivity (Wildman–Crippen MR) is 86.5 cm³/mol. The van der Waals surface area contributed by atoms with Crippen molar-refractivity contribution in [2.45, 2.75) is 11.8 Å². The first-order valence-electron chi connectivity index (χ1n) is 6.63. The van der Waals surface area contributed by atoms with Crippen molar-refractivity contribution < 1.29 is 9.53 Å². The second-order valence-corrected chi connectivity index (χ2v) is 5.75. The number of rotatable bonds is 3. The molecule has 2 heterocycles. The number of anilines is 1. The highest BCUT2D eigenvalue weighted by Gasteiger charge is 2.26. The average Bonchev–Trinajstić information content (AvgIpc) is 2.91. The Labute approximate surface area is 136 Å². The predicted octanol–water partition coefficient (Wildman–Crippen LogP) is 3.58. The normalized spacial score (nSPS) is 15.0. The molecule has 1 aromatic heterocycles. The number of hydrogen-bond acceptors (Lipinski definition) is 6. The number of ether oxygens (including phenoxy) is 1. The molecule has 1 aromatic carbocycles. The van der Waals surface area contributed by atoms with Gasteiger partial charge in [-0.2, -0.15) is 0 Å². The van der Waals surface area contributed by atoms with Gasteiger partial charge in [-0.15, -0.1) is 0 Å². The van der Waals surface area contributed by atoms with E-state index >= 15 is 0 Å². The summed E-state index contributed by atoms with van der Waals surface area (Å²) in [5, 5.41) is 3.99. The number of hydrogen-bond donors (Lipinski definition) is 1. The number of nitrogens with one attached hydrogen (secondary N) is 1. The van der Waals surface area contributed by atoms with E-state index < -0.39 is 5.97 Å². The van der Waals surface area contributed by atoms with E-state index in [4.69, 9.17) is 16.3 Å². The van der Waals surface area contributed by atoms with Gasteiger partial charge in [-0.05, 0) is 36.7 Å². The summed E-state index contributed by atoms with van der Waals surface area (Å²) in [7, 11) is 0. The number of aromatic nitrogens is 2. The number of halogens is 1. The molecule has 112 valence electrons. The van der Waals surface area contributed by atoms with E-state index in [9.17, 15) is 4.79 Å². The van der Waals surface area contributed by atoms with Gasteiger partial charge in [0.05, 0.1) is 23.0 Å². The van der Waals surface area contributed by atoms with Crippen LogP contribution in [0.3, 0.4) is 0 Å². The van der Waals surface area contributed by atoms with Gasteiger partial charge in [0, 0.05) is 11.1 Å². The first-order valence-corrected chi connectivity index (χ1v) is 7.82. The molecule has 1 aliphatic heterocycles. The maximum absolute atomic E-state index is 12.4. The molecule has 0 bridgehead atoms. The van der Waals surface area contributed by atoms with Crippen LogP contribution < -0.4 is 5.32 Å². The Morgan fingerprint density at radius 2 is 2.18 bits per heavy atom. The van der Waals surface area contributed by atoms with Gasteiger partial charge in [0.1, 0.15) is 5.57 Å². The number of carbonyl (C=O) groups excluding carboxylic acids is 1. The number of thioether (sulfide) groups is 1. The standard InChI is InChI=1S/C15H12ClN3O2S/c1-2-21-14(20)12(10-7-8-17-15(16)19-10)13-18-9-5-3-4-6-11(9)22-13/h3-8,18H,2H2,1H3. The Hall–Kier alpha value is -2.05. The lowest BCUT2D eigenvalue weighted by Gasteiger charge is -2.10. The quantitative estimate of drug-likeness (QED) is 0.526. The summed E-state index contributed by atoms with van der Waals surface area (Å²) in [4.78, 5) is 21.4. The number of para-hydroxylation sites is 1. The molecule has 7 heteroatoms. The van der Waals surface area contributed by atoms with Crippen LogP contribution in [0.4, 0.5) is 5.69 Å². The topological polar surface area (TPSA) is 64.1 Å². The molecule has 3 rings (SSSR count). The number of esters is 1. The van der Waals surface area contributed by atoms with E-state index in [1.807, 2.05) is 24.3 Å². The third kappa shape index (κ3) is 2.93. The molecule has 0 aliphatic carbocycles. The summed E-state index contributed by atoms with van der Waals surface area (Å²) in [6.07, 6.45) is 1.51. The summed E-state index contributed by atoms with van der Waals surface area (Å²) in [6.45, 7) is 2.04. The van der Waals surface area contributed by atoms with Crippen molar-refractivity contribution in [1.82, 2.24) is 9.97 Å². The van der Waals surface area contributed by atoms with Crippen LogP contribution in [0, 0.1) is 0 Å². The van der Waals surface area contributed by atoms with Crippen LogP contribution in [0.25, 0.3) is 5.57 Å².